The maximum Gasteiger partial charge on any atom is 0.248 e. The van der Waals surface area contributed by atoms with Gasteiger partial charge in [-0.25, -0.2) is 0 Å². The summed E-state index contributed by atoms with van der Waals surface area (Å²) in [5.74, 6) is 0.524. The molecule has 1 fully saturated rings. The Kier molecular flexibility index (Phi) is 4.11. The van der Waals surface area contributed by atoms with Crippen LogP contribution in [0, 0.1) is 6.92 Å². The standard InChI is InChI=1S/C16H20N4O2/c1-12-10-15(22-18-12)11-19-6-8-20(9-7-19)14-4-2-13(3-5-14)16(17)21/h2-5,10H,6-9,11H2,1H3,(H2,17,21). The molecule has 1 saturated heterocycles. The number of amides is 1. The highest BCUT2D eigenvalue weighted by molar-refractivity contribution is 5.93. The minimum atomic E-state index is -0.390. The van der Waals surface area contributed by atoms with Crippen LogP contribution in [0.25, 0.3) is 0 Å². The van der Waals surface area contributed by atoms with E-state index in [9.17, 15) is 4.79 Å². The van der Waals surface area contributed by atoms with Crippen molar-refractivity contribution in [2.75, 3.05) is 31.1 Å². The topological polar surface area (TPSA) is 75.6 Å². The molecule has 2 heterocycles. The monoisotopic (exact) mass is 300 g/mol. The molecule has 0 unspecified atom stereocenters. The number of aryl methyl sites for hydroxylation is 1. The molecular weight excluding hydrogens is 280 g/mol. The van der Waals surface area contributed by atoms with E-state index >= 15 is 0 Å². The Morgan fingerprint density at radius 1 is 1.23 bits per heavy atom. The average molecular weight is 300 g/mol. The predicted octanol–water partition coefficient (Wildman–Crippen LogP) is 1.40. The first kappa shape index (κ1) is 14.6. The molecule has 3 rings (SSSR count). The zero-order valence-corrected chi connectivity index (χ0v) is 12.7. The Balaban J connectivity index is 1.56. The second-order valence-electron chi connectivity index (χ2n) is 5.61. The number of hydrogen-bond acceptors (Lipinski definition) is 5. The van der Waals surface area contributed by atoms with E-state index in [2.05, 4.69) is 15.0 Å². The lowest BCUT2D eigenvalue weighted by Crippen LogP contribution is -2.45. The highest BCUT2D eigenvalue weighted by Crippen LogP contribution is 2.18. The summed E-state index contributed by atoms with van der Waals surface area (Å²) in [5.41, 5.74) is 7.85. The molecule has 116 valence electrons. The number of nitrogens with two attached hydrogens (primary N) is 1. The average Bonchev–Trinajstić information content (AvgIpc) is 2.93. The van der Waals surface area contributed by atoms with Crippen LogP contribution in [0.4, 0.5) is 5.69 Å². The van der Waals surface area contributed by atoms with Gasteiger partial charge < -0.3 is 15.2 Å². The van der Waals surface area contributed by atoms with Crippen molar-refractivity contribution in [1.82, 2.24) is 10.1 Å². The van der Waals surface area contributed by atoms with Gasteiger partial charge in [-0.2, -0.15) is 0 Å². The summed E-state index contributed by atoms with van der Waals surface area (Å²) in [6, 6.07) is 9.45. The van der Waals surface area contributed by atoms with Crippen molar-refractivity contribution in [3.63, 3.8) is 0 Å². The summed E-state index contributed by atoms with van der Waals surface area (Å²) in [4.78, 5) is 15.8. The smallest absolute Gasteiger partial charge is 0.248 e. The van der Waals surface area contributed by atoms with E-state index in [-0.39, 0.29) is 0 Å². The summed E-state index contributed by atoms with van der Waals surface area (Å²) in [6.45, 7) is 6.57. The summed E-state index contributed by atoms with van der Waals surface area (Å²) >= 11 is 0. The van der Waals surface area contributed by atoms with Crippen LogP contribution in [0.15, 0.2) is 34.9 Å². The van der Waals surface area contributed by atoms with Crippen LogP contribution in [0.1, 0.15) is 21.8 Å². The fraction of sp³-hybridized carbons (Fsp3) is 0.375. The third-order valence-corrected chi connectivity index (χ3v) is 3.95. The van der Waals surface area contributed by atoms with Crippen LogP contribution >= 0.6 is 0 Å². The maximum atomic E-state index is 11.1. The molecule has 6 heteroatoms. The molecular formula is C16H20N4O2. The van der Waals surface area contributed by atoms with Gasteiger partial charge in [0.25, 0.3) is 0 Å². The van der Waals surface area contributed by atoms with Crippen molar-refractivity contribution >= 4 is 11.6 Å². The van der Waals surface area contributed by atoms with E-state index in [1.54, 1.807) is 12.1 Å². The summed E-state index contributed by atoms with van der Waals surface area (Å²) in [6.07, 6.45) is 0. The molecule has 22 heavy (non-hydrogen) atoms. The number of benzene rings is 1. The van der Waals surface area contributed by atoms with E-state index in [4.69, 9.17) is 10.3 Å². The summed E-state index contributed by atoms with van der Waals surface area (Å²) in [5, 5.41) is 3.92. The van der Waals surface area contributed by atoms with Gasteiger partial charge >= 0.3 is 0 Å². The Labute approximate surface area is 129 Å². The lowest BCUT2D eigenvalue weighted by atomic mass is 10.1. The molecule has 0 bridgehead atoms. The van der Waals surface area contributed by atoms with Crippen LogP contribution in [-0.2, 0) is 6.54 Å². The van der Waals surface area contributed by atoms with E-state index in [1.165, 1.54) is 0 Å². The fourth-order valence-corrected chi connectivity index (χ4v) is 2.71. The molecule has 0 atom stereocenters. The molecule has 0 spiro atoms. The van der Waals surface area contributed by atoms with Crippen molar-refractivity contribution in [1.29, 1.82) is 0 Å². The molecule has 2 aromatic rings. The van der Waals surface area contributed by atoms with Gasteiger partial charge in [-0.3, -0.25) is 9.69 Å². The quantitative estimate of drug-likeness (QED) is 0.924. The first-order valence-corrected chi connectivity index (χ1v) is 7.41. The zero-order chi connectivity index (χ0) is 15.5. The van der Waals surface area contributed by atoms with Gasteiger partial charge in [0.15, 0.2) is 5.76 Å². The van der Waals surface area contributed by atoms with Gasteiger partial charge in [-0.05, 0) is 31.2 Å². The molecule has 6 nitrogen and oxygen atoms in total. The number of nitrogens with zero attached hydrogens (tertiary/aromatic N) is 3. The number of hydrogen-bond donors (Lipinski definition) is 1. The van der Waals surface area contributed by atoms with Gasteiger partial charge in [0.2, 0.25) is 5.91 Å². The van der Waals surface area contributed by atoms with Crippen LogP contribution in [0.2, 0.25) is 0 Å². The molecule has 1 aromatic carbocycles. The van der Waals surface area contributed by atoms with Gasteiger partial charge in [-0.15, -0.1) is 0 Å². The van der Waals surface area contributed by atoms with Crippen LogP contribution < -0.4 is 10.6 Å². The van der Waals surface area contributed by atoms with E-state index in [0.29, 0.717) is 5.56 Å². The fourth-order valence-electron chi connectivity index (χ4n) is 2.71. The SMILES string of the molecule is Cc1cc(CN2CCN(c3ccc(C(N)=O)cc3)CC2)on1. The highest BCUT2D eigenvalue weighted by Gasteiger charge is 2.18. The second kappa shape index (κ2) is 6.19. The van der Waals surface area contributed by atoms with Crippen molar-refractivity contribution in [3.8, 4) is 0 Å². The number of carbonyl (C=O) groups excluding carboxylic acids is 1. The van der Waals surface area contributed by atoms with E-state index < -0.39 is 5.91 Å². The molecule has 1 aliphatic heterocycles. The minimum absolute atomic E-state index is 0.390. The largest absolute Gasteiger partial charge is 0.369 e. The molecule has 1 aliphatic rings. The van der Waals surface area contributed by atoms with Gasteiger partial charge in [0.1, 0.15) is 0 Å². The van der Waals surface area contributed by atoms with Crippen molar-refractivity contribution in [2.45, 2.75) is 13.5 Å². The van der Waals surface area contributed by atoms with Crippen LogP contribution in [0.3, 0.4) is 0 Å². The Morgan fingerprint density at radius 3 is 2.45 bits per heavy atom. The summed E-state index contributed by atoms with van der Waals surface area (Å²) < 4.78 is 5.27. The third kappa shape index (κ3) is 3.28. The highest BCUT2D eigenvalue weighted by atomic mass is 16.5. The molecule has 0 radical (unpaired) electrons. The lowest BCUT2D eigenvalue weighted by Gasteiger charge is -2.35. The molecule has 0 saturated carbocycles. The van der Waals surface area contributed by atoms with Crippen molar-refractivity contribution in [2.24, 2.45) is 5.73 Å². The summed E-state index contributed by atoms with van der Waals surface area (Å²) in [7, 11) is 0. The second-order valence-corrected chi connectivity index (χ2v) is 5.61. The van der Waals surface area contributed by atoms with Gasteiger partial charge in [0.05, 0.1) is 12.2 Å². The molecule has 1 aromatic heterocycles. The number of anilines is 1. The van der Waals surface area contributed by atoms with Gasteiger partial charge in [0, 0.05) is 43.5 Å². The lowest BCUT2D eigenvalue weighted by molar-refractivity contribution is 0.100. The van der Waals surface area contributed by atoms with E-state index in [1.807, 2.05) is 25.1 Å². The molecule has 1 amide bonds. The number of primary amides is 1. The van der Waals surface area contributed by atoms with Crippen LogP contribution in [-0.4, -0.2) is 42.1 Å². The Bertz CT molecular complexity index is 642. The van der Waals surface area contributed by atoms with Gasteiger partial charge in [-0.1, -0.05) is 5.16 Å². The van der Waals surface area contributed by atoms with Crippen LogP contribution in [0.5, 0.6) is 0 Å². The Morgan fingerprint density at radius 2 is 1.91 bits per heavy atom. The number of rotatable bonds is 4. The first-order chi connectivity index (χ1) is 10.6. The van der Waals surface area contributed by atoms with E-state index in [0.717, 1.165) is 49.9 Å². The maximum absolute atomic E-state index is 11.1. The first-order valence-electron chi connectivity index (χ1n) is 7.41. The molecule has 2 N–H and O–H groups in total. The molecule has 0 aliphatic carbocycles. The predicted molar refractivity (Wildman–Crippen MR) is 83.7 cm³/mol. The number of aromatic nitrogens is 1. The number of piperazine rings is 1. The number of carbonyl (C=O) groups is 1. The third-order valence-electron chi connectivity index (χ3n) is 3.95. The minimum Gasteiger partial charge on any atom is -0.369 e. The van der Waals surface area contributed by atoms with Crippen molar-refractivity contribution in [3.05, 3.63) is 47.3 Å². The van der Waals surface area contributed by atoms with Crippen molar-refractivity contribution < 1.29 is 9.32 Å². The normalized spacial score (nSPS) is 16.0. The Hall–Kier alpha value is -2.34. The zero-order valence-electron chi connectivity index (χ0n) is 12.7.